The highest BCUT2D eigenvalue weighted by atomic mass is 16.5. The third-order valence-corrected chi connectivity index (χ3v) is 3.83. The van der Waals surface area contributed by atoms with Crippen LogP contribution in [0, 0.1) is 13.8 Å². The van der Waals surface area contributed by atoms with Gasteiger partial charge in [-0.05, 0) is 62.4 Å². The number of rotatable bonds is 5. The van der Waals surface area contributed by atoms with Crippen LogP contribution in [0.25, 0.3) is 0 Å². The number of carbonyl (C=O) groups excluding carboxylic acids is 2. The van der Waals surface area contributed by atoms with E-state index < -0.39 is 5.97 Å². The molecule has 0 saturated carbocycles. The summed E-state index contributed by atoms with van der Waals surface area (Å²) in [6.07, 6.45) is 0. The second kappa shape index (κ2) is 8.30. The molecule has 0 aliphatic rings. The van der Waals surface area contributed by atoms with Crippen LogP contribution in [0.3, 0.4) is 0 Å². The molecule has 2 aromatic carbocycles. The lowest BCUT2D eigenvalue weighted by atomic mass is 10.1. The van der Waals surface area contributed by atoms with E-state index in [4.69, 9.17) is 4.74 Å². The average Bonchev–Trinajstić information content (AvgIpc) is 2.68. The highest BCUT2D eigenvalue weighted by Gasteiger charge is 2.11. The molecular formula is C21H19N3O4. The van der Waals surface area contributed by atoms with Gasteiger partial charge in [-0.1, -0.05) is 6.07 Å². The molecule has 3 rings (SSSR count). The van der Waals surface area contributed by atoms with Gasteiger partial charge in [0.25, 0.3) is 5.91 Å². The summed E-state index contributed by atoms with van der Waals surface area (Å²) in [5.41, 5.74) is 2.89. The van der Waals surface area contributed by atoms with E-state index in [9.17, 15) is 9.59 Å². The number of ether oxygens (including phenoxy) is 2. The minimum Gasteiger partial charge on any atom is -0.465 e. The molecule has 0 atom stereocenters. The van der Waals surface area contributed by atoms with Gasteiger partial charge in [-0.2, -0.15) is 0 Å². The van der Waals surface area contributed by atoms with Gasteiger partial charge >= 0.3 is 12.0 Å². The number of aromatic nitrogens is 2. The van der Waals surface area contributed by atoms with Crippen LogP contribution in [-0.2, 0) is 4.74 Å². The molecule has 0 radical (unpaired) electrons. The van der Waals surface area contributed by atoms with Gasteiger partial charge in [0.15, 0.2) is 0 Å². The Morgan fingerprint density at radius 1 is 0.893 bits per heavy atom. The van der Waals surface area contributed by atoms with Crippen LogP contribution in [0.15, 0.2) is 54.6 Å². The molecule has 0 unspecified atom stereocenters. The molecule has 0 aliphatic heterocycles. The maximum atomic E-state index is 12.4. The Bertz CT molecular complexity index is 996. The normalized spacial score (nSPS) is 10.2. The molecule has 0 bridgehead atoms. The number of benzene rings is 2. The van der Waals surface area contributed by atoms with Crippen molar-refractivity contribution in [2.75, 3.05) is 12.4 Å². The molecule has 7 heteroatoms. The first-order valence-electron chi connectivity index (χ1n) is 8.54. The van der Waals surface area contributed by atoms with Crippen LogP contribution in [0.5, 0.6) is 11.8 Å². The first-order chi connectivity index (χ1) is 13.4. The third-order valence-electron chi connectivity index (χ3n) is 3.83. The van der Waals surface area contributed by atoms with Gasteiger partial charge in [0.2, 0.25) is 0 Å². The molecule has 0 fully saturated rings. The predicted octanol–water partition coefficient (Wildman–Crippen LogP) is 3.92. The maximum Gasteiger partial charge on any atom is 0.337 e. The van der Waals surface area contributed by atoms with Crippen molar-refractivity contribution in [3.63, 3.8) is 0 Å². The van der Waals surface area contributed by atoms with E-state index in [1.807, 2.05) is 19.9 Å². The fraction of sp³-hybridized carbons (Fsp3) is 0.143. The van der Waals surface area contributed by atoms with E-state index in [0.29, 0.717) is 22.6 Å². The molecule has 7 nitrogen and oxygen atoms in total. The standard InChI is InChI=1S/C21H19N3O4/c1-13-11-14(2)23-21(22-13)28-18-9-7-17(8-10-18)24-19(25)15-5-4-6-16(12-15)20(26)27-3/h4-12H,1-3H3,(H,24,25). The van der Waals surface area contributed by atoms with Crippen molar-refractivity contribution < 1.29 is 19.1 Å². The Hall–Kier alpha value is -3.74. The first-order valence-corrected chi connectivity index (χ1v) is 8.54. The van der Waals surface area contributed by atoms with Crippen LogP contribution in [-0.4, -0.2) is 29.0 Å². The average molecular weight is 377 g/mol. The second-order valence-electron chi connectivity index (χ2n) is 6.09. The van der Waals surface area contributed by atoms with Crippen molar-refractivity contribution in [1.82, 2.24) is 9.97 Å². The smallest absolute Gasteiger partial charge is 0.337 e. The molecule has 3 aromatic rings. The van der Waals surface area contributed by atoms with E-state index in [2.05, 4.69) is 20.0 Å². The van der Waals surface area contributed by atoms with Crippen molar-refractivity contribution in [1.29, 1.82) is 0 Å². The third kappa shape index (κ3) is 4.70. The second-order valence-corrected chi connectivity index (χ2v) is 6.09. The molecule has 1 aromatic heterocycles. The van der Waals surface area contributed by atoms with E-state index in [-0.39, 0.29) is 11.9 Å². The quantitative estimate of drug-likeness (QED) is 0.678. The Labute approximate surface area is 162 Å². The van der Waals surface area contributed by atoms with Gasteiger partial charge in [-0.25, -0.2) is 14.8 Å². The van der Waals surface area contributed by atoms with Gasteiger partial charge < -0.3 is 14.8 Å². The number of anilines is 1. The maximum absolute atomic E-state index is 12.4. The van der Waals surface area contributed by atoms with E-state index >= 15 is 0 Å². The predicted molar refractivity (Wildman–Crippen MR) is 104 cm³/mol. The van der Waals surface area contributed by atoms with Gasteiger partial charge in [0, 0.05) is 22.6 Å². The Balaban J connectivity index is 1.68. The van der Waals surface area contributed by atoms with E-state index in [1.54, 1.807) is 42.5 Å². The number of hydrogen-bond donors (Lipinski definition) is 1. The molecule has 1 amide bonds. The first kappa shape index (κ1) is 19.0. The zero-order chi connectivity index (χ0) is 20.1. The van der Waals surface area contributed by atoms with Crippen molar-refractivity contribution >= 4 is 17.6 Å². The van der Waals surface area contributed by atoms with Gasteiger partial charge in [0.05, 0.1) is 12.7 Å². The fourth-order valence-corrected chi connectivity index (χ4v) is 2.56. The van der Waals surface area contributed by atoms with Crippen molar-refractivity contribution in [3.05, 3.63) is 77.1 Å². The lowest BCUT2D eigenvalue weighted by Gasteiger charge is -2.08. The summed E-state index contributed by atoms with van der Waals surface area (Å²) in [7, 11) is 1.29. The SMILES string of the molecule is COC(=O)c1cccc(C(=O)Nc2ccc(Oc3nc(C)cc(C)n3)cc2)c1. The molecule has 142 valence electrons. The van der Waals surface area contributed by atoms with Gasteiger partial charge in [0.1, 0.15) is 5.75 Å². The largest absolute Gasteiger partial charge is 0.465 e. The van der Waals surface area contributed by atoms with Gasteiger partial charge in [-0.15, -0.1) is 0 Å². The van der Waals surface area contributed by atoms with Gasteiger partial charge in [-0.3, -0.25) is 4.79 Å². The zero-order valence-corrected chi connectivity index (χ0v) is 15.7. The number of aryl methyl sites for hydroxylation is 2. The molecular weight excluding hydrogens is 358 g/mol. The number of hydrogen-bond acceptors (Lipinski definition) is 6. The van der Waals surface area contributed by atoms with Crippen LogP contribution in [0.2, 0.25) is 0 Å². The minimum atomic E-state index is -0.496. The van der Waals surface area contributed by atoms with Crippen LogP contribution in [0.1, 0.15) is 32.1 Å². The molecule has 0 saturated heterocycles. The summed E-state index contributed by atoms with van der Waals surface area (Å²) in [4.78, 5) is 32.5. The van der Waals surface area contributed by atoms with Crippen molar-refractivity contribution in [2.45, 2.75) is 13.8 Å². The van der Waals surface area contributed by atoms with E-state index in [1.165, 1.54) is 13.2 Å². The van der Waals surface area contributed by atoms with Crippen LogP contribution < -0.4 is 10.1 Å². The van der Waals surface area contributed by atoms with Crippen molar-refractivity contribution in [3.8, 4) is 11.8 Å². The fourth-order valence-electron chi connectivity index (χ4n) is 2.56. The van der Waals surface area contributed by atoms with Crippen LogP contribution >= 0.6 is 0 Å². The number of nitrogens with zero attached hydrogens (tertiary/aromatic N) is 2. The molecule has 0 spiro atoms. The Kier molecular flexibility index (Phi) is 5.64. The highest BCUT2D eigenvalue weighted by molar-refractivity contribution is 6.05. The molecule has 0 aliphatic carbocycles. The highest BCUT2D eigenvalue weighted by Crippen LogP contribution is 2.21. The number of nitrogens with one attached hydrogen (secondary N) is 1. The van der Waals surface area contributed by atoms with Crippen molar-refractivity contribution in [2.24, 2.45) is 0 Å². The molecule has 1 N–H and O–H groups in total. The molecule has 28 heavy (non-hydrogen) atoms. The number of amides is 1. The lowest BCUT2D eigenvalue weighted by molar-refractivity contribution is 0.0600. The summed E-state index contributed by atoms with van der Waals surface area (Å²) in [6.45, 7) is 3.74. The lowest BCUT2D eigenvalue weighted by Crippen LogP contribution is -2.13. The van der Waals surface area contributed by atoms with E-state index in [0.717, 1.165) is 11.4 Å². The number of carbonyl (C=O) groups is 2. The zero-order valence-electron chi connectivity index (χ0n) is 15.7. The number of methoxy groups -OCH3 is 1. The summed E-state index contributed by atoms with van der Waals surface area (Å²) in [6, 6.07) is 15.3. The summed E-state index contributed by atoms with van der Waals surface area (Å²) in [5.74, 6) is -0.280. The topological polar surface area (TPSA) is 90.4 Å². The Morgan fingerprint density at radius 2 is 1.54 bits per heavy atom. The summed E-state index contributed by atoms with van der Waals surface area (Å²) < 4.78 is 10.3. The summed E-state index contributed by atoms with van der Waals surface area (Å²) >= 11 is 0. The molecule has 1 heterocycles. The van der Waals surface area contributed by atoms with Crippen LogP contribution in [0.4, 0.5) is 5.69 Å². The number of esters is 1. The summed E-state index contributed by atoms with van der Waals surface area (Å²) in [5, 5.41) is 2.77. The monoisotopic (exact) mass is 377 g/mol. The minimum absolute atomic E-state index is 0.272. The Morgan fingerprint density at radius 3 is 2.18 bits per heavy atom.